The molecule has 36 heavy (non-hydrogen) atoms. The van der Waals surface area contributed by atoms with Crippen LogP contribution in [0.3, 0.4) is 0 Å². The third-order valence-electron chi connectivity index (χ3n) is 6.56. The highest BCUT2D eigenvalue weighted by molar-refractivity contribution is 6.42. The van der Waals surface area contributed by atoms with Crippen LogP contribution in [0.5, 0.6) is 0 Å². The summed E-state index contributed by atoms with van der Waals surface area (Å²) >= 11 is 12.1. The summed E-state index contributed by atoms with van der Waals surface area (Å²) in [6.07, 6.45) is 6.65. The fraction of sp³-hybridized carbons (Fsp3) is 0.560. The molecule has 4 rings (SSSR count). The summed E-state index contributed by atoms with van der Waals surface area (Å²) in [7, 11) is 0. The van der Waals surface area contributed by atoms with Crippen LogP contribution in [0, 0.1) is 0 Å². The van der Waals surface area contributed by atoms with Gasteiger partial charge in [0.1, 0.15) is 0 Å². The Kier molecular flexibility index (Phi) is 10.6. The number of benzene rings is 1. The molecule has 1 aromatic carbocycles. The molecule has 1 atom stereocenters. The summed E-state index contributed by atoms with van der Waals surface area (Å²) in [4.78, 5) is 36.7. The van der Waals surface area contributed by atoms with E-state index in [1.54, 1.807) is 12.1 Å². The highest BCUT2D eigenvalue weighted by atomic mass is 35.5. The summed E-state index contributed by atoms with van der Waals surface area (Å²) < 4.78 is 11.7. The molecule has 9 nitrogen and oxygen atoms in total. The minimum absolute atomic E-state index is 0.180. The first kappa shape index (κ1) is 28.4. The number of hydrogen-bond donors (Lipinski definition) is 2. The van der Waals surface area contributed by atoms with Gasteiger partial charge in [-0.05, 0) is 37.0 Å². The van der Waals surface area contributed by atoms with Gasteiger partial charge in [-0.3, -0.25) is 4.79 Å². The second kappa shape index (κ2) is 13.4. The van der Waals surface area contributed by atoms with Crippen molar-refractivity contribution in [1.29, 1.82) is 0 Å². The molecular formula is C25H32Cl2N2O7. The summed E-state index contributed by atoms with van der Waals surface area (Å²) in [5, 5.41) is 16.6. The number of carboxylic acids is 2. The van der Waals surface area contributed by atoms with Crippen molar-refractivity contribution < 1.29 is 34.1 Å². The molecule has 198 valence electrons. The van der Waals surface area contributed by atoms with Gasteiger partial charge in [-0.1, -0.05) is 29.3 Å². The van der Waals surface area contributed by atoms with Crippen LogP contribution in [-0.2, 0) is 30.3 Å². The van der Waals surface area contributed by atoms with Gasteiger partial charge in [-0.15, -0.1) is 0 Å². The molecule has 3 aliphatic rings. The zero-order chi connectivity index (χ0) is 26.1. The minimum Gasteiger partial charge on any atom is -0.478 e. The largest absolute Gasteiger partial charge is 0.478 e. The lowest BCUT2D eigenvalue weighted by Gasteiger charge is -2.42. The molecule has 0 aromatic heterocycles. The van der Waals surface area contributed by atoms with E-state index in [0.717, 1.165) is 57.4 Å². The van der Waals surface area contributed by atoms with E-state index in [0.29, 0.717) is 41.8 Å². The normalized spacial score (nSPS) is 21.8. The summed E-state index contributed by atoms with van der Waals surface area (Å²) in [5.41, 5.74) is 0.916. The maximum atomic E-state index is 13.0. The predicted molar refractivity (Wildman–Crippen MR) is 134 cm³/mol. The van der Waals surface area contributed by atoms with Gasteiger partial charge in [0.15, 0.2) is 5.79 Å². The average Bonchev–Trinajstić information content (AvgIpc) is 3.30. The van der Waals surface area contributed by atoms with Crippen molar-refractivity contribution in [2.45, 2.75) is 50.4 Å². The standard InChI is InChI=1S/C21H28Cl2N2O3.C4H4O4/c22-18-5-4-16(13-19(18)23)14-20(26)25-8-2-1-3-17(25)15-24-9-6-21(7-10-24)27-11-12-28-21;5-3(6)1-2-4(7)8/h4-5,13,17H,1-3,6-12,14-15H2;1-2H,(H,5,6)(H,7,8). The Morgan fingerprint density at radius 3 is 2.19 bits per heavy atom. The van der Waals surface area contributed by atoms with Crippen molar-refractivity contribution in [2.24, 2.45) is 0 Å². The van der Waals surface area contributed by atoms with E-state index in [9.17, 15) is 14.4 Å². The van der Waals surface area contributed by atoms with Crippen LogP contribution >= 0.6 is 23.2 Å². The zero-order valence-corrected chi connectivity index (χ0v) is 21.5. The molecule has 3 fully saturated rings. The van der Waals surface area contributed by atoms with Crippen LogP contribution in [0.15, 0.2) is 30.4 Å². The molecule has 0 saturated carbocycles. The van der Waals surface area contributed by atoms with Crippen LogP contribution < -0.4 is 0 Å². The second-order valence-corrected chi connectivity index (χ2v) is 9.89. The van der Waals surface area contributed by atoms with Crippen LogP contribution in [0.1, 0.15) is 37.7 Å². The van der Waals surface area contributed by atoms with Gasteiger partial charge >= 0.3 is 11.9 Å². The Hall–Kier alpha value is -2.17. The van der Waals surface area contributed by atoms with Gasteiger partial charge in [0.2, 0.25) is 5.91 Å². The molecule has 2 N–H and O–H groups in total. The molecular weight excluding hydrogens is 511 g/mol. The molecule has 3 saturated heterocycles. The lowest BCUT2D eigenvalue weighted by atomic mass is 9.98. The van der Waals surface area contributed by atoms with Gasteiger partial charge in [0.05, 0.1) is 29.7 Å². The monoisotopic (exact) mass is 542 g/mol. The number of aliphatic carboxylic acids is 2. The minimum atomic E-state index is -1.26. The Balaban J connectivity index is 0.000000392. The topological polar surface area (TPSA) is 117 Å². The number of ether oxygens (including phenoxy) is 2. The number of piperidine rings is 2. The first-order valence-electron chi connectivity index (χ1n) is 12.0. The first-order valence-corrected chi connectivity index (χ1v) is 12.8. The van der Waals surface area contributed by atoms with Crippen LogP contribution in [-0.4, -0.2) is 89.1 Å². The van der Waals surface area contributed by atoms with Gasteiger partial charge in [-0.2, -0.15) is 0 Å². The molecule has 3 heterocycles. The number of rotatable bonds is 6. The number of carbonyl (C=O) groups excluding carboxylic acids is 1. The van der Waals surface area contributed by atoms with Crippen LogP contribution in [0.4, 0.5) is 0 Å². The van der Waals surface area contributed by atoms with Crippen molar-refractivity contribution in [1.82, 2.24) is 9.80 Å². The van der Waals surface area contributed by atoms with E-state index in [1.165, 1.54) is 6.42 Å². The third kappa shape index (κ3) is 8.45. The van der Waals surface area contributed by atoms with Crippen molar-refractivity contribution in [3.8, 4) is 0 Å². The first-order chi connectivity index (χ1) is 17.2. The van der Waals surface area contributed by atoms with Crippen LogP contribution in [0.25, 0.3) is 0 Å². The Morgan fingerprint density at radius 2 is 1.61 bits per heavy atom. The SMILES string of the molecule is O=C(Cc1ccc(Cl)c(Cl)c1)N1CCCCC1CN1CCC2(CC1)OCCO2.O=C(O)C=CC(=O)O. The number of carbonyl (C=O) groups is 3. The van der Waals surface area contributed by atoms with Crippen molar-refractivity contribution in [2.75, 3.05) is 39.4 Å². The van der Waals surface area contributed by atoms with E-state index in [-0.39, 0.29) is 17.7 Å². The summed E-state index contributed by atoms with van der Waals surface area (Å²) in [6, 6.07) is 5.73. The number of amides is 1. The lowest BCUT2D eigenvalue weighted by molar-refractivity contribution is -0.186. The van der Waals surface area contributed by atoms with Gasteiger partial charge in [0.25, 0.3) is 0 Å². The zero-order valence-electron chi connectivity index (χ0n) is 20.0. The highest BCUT2D eigenvalue weighted by Gasteiger charge is 2.40. The van der Waals surface area contributed by atoms with Crippen molar-refractivity contribution in [3.63, 3.8) is 0 Å². The second-order valence-electron chi connectivity index (χ2n) is 9.08. The number of carboxylic acid groups (broad SMARTS) is 2. The molecule has 11 heteroatoms. The lowest BCUT2D eigenvalue weighted by Crippen LogP contribution is -2.53. The molecule has 0 bridgehead atoms. The van der Waals surface area contributed by atoms with Crippen molar-refractivity contribution >= 4 is 41.0 Å². The molecule has 1 spiro atoms. The smallest absolute Gasteiger partial charge is 0.328 e. The van der Waals surface area contributed by atoms with Crippen LogP contribution in [0.2, 0.25) is 10.0 Å². The van der Waals surface area contributed by atoms with Gasteiger partial charge in [0, 0.05) is 57.2 Å². The Bertz CT molecular complexity index is 940. The quantitative estimate of drug-likeness (QED) is 0.524. The highest BCUT2D eigenvalue weighted by Crippen LogP contribution is 2.32. The fourth-order valence-corrected chi connectivity index (χ4v) is 5.07. The predicted octanol–water partition coefficient (Wildman–Crippen LogP) is 3.47. The Morgan fingerprint density at radius 1 is 0.972 bits per heavy atom. The number of nitrogens with zero attached hydrogens (tertiary/aromatic N) is 2. The molecule has 1 amide bonds. The summed E-state index contributed by atoms with van der Waals surface area (Å²) in [6.45, 7) is 5.12. The van der Waals surface area contributed by atoms with E-state index >= 15 is 0 Å². The molecule has 0 radical (unpaired) electrons. The summed E-state index contributed by atoms with van der Waals surface area (Å²) in [5.74, 6) is -2.68. The molecule has 1 unspecified atom stereocenters. The molecule has 1 aromatic rings. The van der Waals surface area contributed by atoms with Crippen molar-refractivity contribution in [3.05, 3.63) is 46.0 Å². The molecule has 3 aliphatic heterocycles. The third-order valence-corrected chi connectivity index (χ3v) is 7.29. The van der Waals surface area contributed by atoms with Gasteiger partial charge < -0.3 is 29.5 Å². The van der Waals surface area contributed by atoms with E-state index in [1.807, 2.05) is 6.07 Å². The van der Waals surface area contributed by atoms with E-state index in [2.05, 4.69) is 9.80 Å². The Labute approximate surface area is 220 Å². The molecule has 0 aliphatic carbocycles. The fourth-order valence-electron chi connectivity index (χ4n) is 4.75. The van der Waals surface area contributed by atoms with Gasteiger partial charge in [-0.25, -0.2) is 9.59 Å². The maximum absolute atomic E-state index is 13.0. The average molecular weight is 543 g/mol. The number of hydrogen-bond acceptors (Lipinski definition) is 6. The van der Waals surface area contributed by atoms with E-state index in [4.69, 9.17) is 42.9 Å². The maximum Gasteiger partial charge on any atom is 0.328 e. The number of likely N-dealkylation sites (tertiary alicyclic amines) is 2. The van der Waals surface area contributed by atoms with E-state index < -0.39 is 11.9 Å². The number of halogens is 2.